The number of H-pyrrole nitrogens is 1. The molecule has 1 atom stereocenters. The maximum atomic E-state index is 11.4. The summed E-state index contributed by atoms with van der Waals surface area (Å²) in [6.45, 7) is 0.503. The van der Waals surface area contributed by atoms with Gasteiger partial charge >= 0.3 is 0 Å². The summed E-state index contributed by atoms with van der Waals surface area (Å²) in [6.07, 6.45) is 0.429. The van der Waals surface area contributed by atoms with Crippen LogP contribution in [0.2, 0.25) is 0 Å². The summed E-state index contributed by atoms with van der Waals surface area (Å²) in [5.41, 5.74) is 5.63. The van der Waals surface area contributed by atoms with Crippen LogP contribution >= 0.6 is 15.9 Å². The predicted octanol–water partition coefficient (Wildman–Crippen LogP) is 7.93. The van der Waals surface area contributed by atoms with E-state index in [0.29, 0.717) is 30.2 Å². The van der Waals surface area contributed by atoms with Crippen LogP contribution in [0.4, 0.5) is 22.9 Å². The van der Waals surface area contributed by atoms with E-state index in [4.69, 9.17) is 10.1 Å². The summed E-state index contributed by atoms with van der Waals surface area (Å²) in [5, 5.41) is 30.7. The molecule has 0 saturated carbocycles. The standard InChI is InChI=1S/C31H23BrN6O4/c32-24-12-6-23(7-13-24)29-30-31(35-34-29)36(19-20-4-2-1-3-5-20)28(22-10-16-26(17-11-22)38(41)42)18-27(33-30)21-8-14-25(15-9-21)37(39)40/h1-17,28H,18-19H2,(H,34,35). The van der Waals surface area contributed by atoms with Gasteiger partial charge in [0.15, 0.2) is 5.82 Å². The molecule has 1 aromatic heterocycles. The highest BCUT2D eigenvalue weighted by molar-refractivity contribution is 9.10. The van der Waals surface area contributed by atoms with E-state index in [1.165, 1.54) is 24.3 Å². The fourth-order valence-electron chi connectivity index (χ4n) is 5.11. The Hall–Kier alpha value is -5.16. The molecule has 1 aliphatic rings. The van der Waals surface area contributed by atoms with E-state index in [9.17, 15) is 20.2 Å². The van der Waals surface area contributed by atoms with Crippen molar-refractivity contribution in [2.45, 2.75) is 19.0 Å². The van der Waals surface area contributed by atoms with Crippen molar-refractivity contribution in [3.05, 3.63) is 145 Å². The highest BCUT2D eigenvalue weighted by atomic mass is 79.9. The van der Waals surface area contributed by atoms with Gasteiger partial charge in [0.2, 0.25) is 0 Å². The van der Waals surface area contributed by atoms with Crippen LogP contribution in [0.3, 0.4) is 0 Å². The molecule has 1 unspecified atom stereocenters. The number of non-ortho nitro benzene ring substituents is 2. The van der Waals surface area contributed by atoms with Crippen molar-refractivity contribution >= 4 is 44.5 Å². The molecule has 0 radical (unpaired) electrons. The molecule has 0 saturated heterocycles. The van der Waals surface area contributed by atoms with Crippen molar-refractivity contribution in [2.24, 2.45) is 4.99 Å². The molecular formula is C31H23BrN6O4. The van der Waals surface area contributed by atoms with Crippen molar-refractivity contribution < 1.29 is 9.85 Å². The molecule has 11 heteroatoms. The minimum atomic E-state index is -0.431. The van der Waals surface area contributed by atoms with Gasteiger partial charge in [0, 0.05) is 47.3 Å². The van der Waals surface area contributed by atoms with Gasteiger partial charge in [0.25, 0.3) is 11.4 Å². The van der Waals surface area contributed by atoms with Crippen LogP contribution in [0.1, 0.15) is 29.2 Å². The number of hydrogen-bond acceptors (Lipinski definition) is 7. The maximum Gasteiger partial charge on any atom is 0.269 e. The molecule has 0 bridgehead atoms. The molecule has 0 amide bonds. The number of hydrogen-bond donors (Lipinski definition) is 1. The molecule has 6 rings (SSSR count). The number of benzene rings is 4. The number of aliphatic imine (C=N–C) groups is 1. The minimum absolute atomic E-state index is 0.00391. The fraction of sp³-hybridized carbons (Fsp3) is 0.0968. The largest absolute Gasteiger partial charge is 0.342 e. The van der Waals surface area contributed by atoms with Crippen LogP contribution in [0.5, 0.6) is 0 Å². The van der Waals surface area contributed by atoms with E-state index < -0.39 is 9.85 Å². The zero-order chi connectivity index (χ0) is 29.2. The topological polar surface area (TPSA) is 131 Å². The molecule has 208 valence electrons. The normalized spacial score (nSPS) is 14.5. The molecule has 42 heavy (non-hydrogen) atoms. The summed E-state index contributed by atoms with van der Waals surface area (Å²) in [6, 6.07) is 30.4. The molecule has 5 aromatic rings. The predicted molar refractivity (Wildman–Crippen MR) is 164 cm³/mol. The molecular weight excluding hydrogens is 600 g/mol. The first-order chi connectivity index (χ1) is 20.4. The smallest absolute Gasteiger partial charge is 0.269 e. The van der Waals surface area contributed by atoms with E-state index in [1.54, 1.807) is 24.3 Å². The average Bonchev–Trinajstić information content (AvgIpc) is 3.35. The molecule has 4 aromatic carbocycles. The Morgan fingerprint density at radius 1 is 0.810 bits per heavy atom. The van der Waals surface area contributed by atoms with Crippen molar-refractivity contribution in [2.75, 3.05) is 4.90 Å². The number of halogens is 1. The second-order valence-electron chi connectivity index (χ2n) is 9.82. The lowest BCUT2D eigenvalue weighted by atomic mass is 9.95. The Morgan fingerprint density at radius 3 is 2.02 bits per heavy atom. The van der Waals surface area contributed by atoms with E-state index in [2.05, 4.69) is 25.9 Å². The Balaban J connectivity index is 1.54. The SMILES string of the molecule is O=[N+]([O-])c1ccc(C2=Nc3c(n[nH]c3-c3ccc(Br)cc3)N(Cc3ccccc3)C(c3ccc([N+](=O)[O-])cc3)C2)cc1. The van der Waals surface area contributed by atoms with Crippen molar-refractivity contribution in [3.63, 3.8) is 0 Å². The average molecular weight is 623 g/mol. The number of nitrogens with zero attached hydrogens (tertiary/aromatic N) is 5. The first-order valence-corrected chi connectivity index (χ1v) is 13.9. The minimum Gasteiger partial charge on any atom is -0.342 e. The number of anilines is 1. The van der Waals surface area contributed by atoms with E-state index >= 15 is 0 Å². The van der Waals surface area contributed by atoms with Crippen LogP contribution in [-0.2, 0) is 6.54 Å². The van der Waals surface area contributed by atoms with Gasteiger partial charge in [-0.05, 0) is 41.0 Å². The third kappa shape index (κ3) is 5.41. The quantitative estimate of drug-likeness (QED) is 0.145. The van der Waals surface area contributed by atoms with Crippen molar-refractivity contribution in [1.82, 2.24) is 10.2 Å². The summed E-state index contributed by atoms with van der Waals surface area (Å²) in [4.78, 5) is 29.2. The number of aromatic amines is 1. The van der Waals surface area contributed by atoms with Gasteiger partial charge < -0.3 is 4.90 Å². The third-order valence-electron chi connectivity index (χ3n) is 7.23. The summed E-state index contributed by atoms with van der Waals surface area (Å²) in [5.74, 6) is 0.636. The summed E-state index contributed by atoms with van der Waals surface area (Å²) in [7, 11) is 0. The highest BCUT2D eigenvalue weighted by Crippen LogP contribution is 2.45. The van der Waals surface area contributed by atoms with Crippen LogP contribution in [0.15, 0.2) is 113 Å². The lowest BCUT2D eigenvalue weighted by Gasteiger charge is -2.31. The van der Waals surface area contributed by atoms with Crippen molar-refractivity contribution in [3.8, 4) is 11.3 Å². The Bertz CT molecular complexity index is 1790. The van der Waals surface area contributed by atoms with Crippen LogP contribution in [0.25, 0.3) is 11.3 Å². The van der Waals surface area contributed by atoms with Gasteiger partial charge in [-0.2, -0.15) is 5.10 Å². The third-order valence-corrected chi connectivity index (χ3v) is 7.76. The van der Waals surface area contributed by atoms with Gasteiger partial charge in [-0.15, -0.1) is 0 Å². The molecule has 0 spiro atoms. The highest BCUT2D eigenvalue weighted by Gasteiger charge is 2.32. The van der Waals surface area contributed by atoms with Gasteiger partial charge in [0.05, 0.1) is 27.3 Å². The summed E-state index contributed by atoms with van der Waals surface area (Å²) >= 11 is 3.49. The zero-order valence-electron chi connectivity index (χ0n) is 22.1. The molecule has 10 nitrogen and oxygen atoms in total. The molecule has 1 N–H and O–H groups in total. The number of nitro benzene ring substituents is 2. The molecule has 1 aliphatic heterocycles. The molecule has 0 aliphatic carbocycles. The van der Waals surface area contributed by atoms with Gasteiger partial charge in [-0.3, -0.25) is 25.3 Å². The lowest BCUT2D eigenvalue weighted by Crippen LogP contribution is -2.29. The Morgan fingerprint density at radius 2 is 1.40 bits per heavy atom. The van der Waals surface area contributed by atoms with Gasteiger partial charge in [-0.1, -0.05) is 70.5 Å². The van der Waals surface area contributed by atoms with E-state index in [0.717, 1.165) is 32.4 Å². The van der Waals surface area contributed by atoms with Crippen LogP contribution < -0.4 is 4.90 Å². The number of nitro groups is 2. The Labute approximate surface area is 248 Å². The first-order valence-electron chi connectivity index (χ1n) is 13.1. The van der Waals surface area contributed by atoms with Crippen LogP contribution in [-0.4, -0.2) is 25.8 Å². The number of fused-ring (bicyclic) bond motifs is 1. The monoisotopic (exact) mass is 622 g/mol. The molecule has 0 fully saturated rings. The van der Waals surface area contributed by atoms with E-state index in [1.807, 2.05) is 54.6 Å². The van der Waals surface area contributed by atoms with Crippen molar-refractivity contribution in [1.29, 1.82) is 0 Å². The lowest BCUT2D eigenvalue weighted by molar-refractivity contribution is -0.385. The van der Waals surface area contributed by atoms with Crippen LogP contribution in [0, 0.1) is 20.2 Å². The summed E-state index contributed by atoms with van der Waals surface area (Å²) < 4.78 is 0.941. The first kappa shape index (κ1) is 27.0. The second-order valence-corrected chi connectivity index (χ2v) is 10.7. The zero-order valence-corrected chi connectivity index (χ0v) is 23.6. The van der Waals surface area contributed by atoms with Gasteiger partial charge in [-0.25, -0.2) is 4.99 Å². The number of rotatable bonds is 7. The molecule has 2 heterocycles. The fourth-order valence-corrected chi connectivity index (χ4v) is 5.38. The number of aromatic nitrogens is 2. The maximum absolute atomic E-state index is 11.4. The Kier molecular flexibility index (Phi) is 7.32. The van der Waals surface area contributed by atoms with Gasteiger partial charge in [0.1, 0.15) is 5.69 Å². The van der Waals surface area contributed by atoms with E-state index in [-0.39, 0.29) is 17.4 Å². The second kappa shape index (κ2) is 11.4. The number of nitrogens with one attached hydrogen (secondary N) is 1.